The number of aromatic nitrogens is 3. The predicted octanol–water partition coefficient (Wildman–Crippen LogP) is 0.853. The van der Waals surface area contributed by atoms with Crippen LogP contribution in [0.25, 0.3) is 16.9 Å². The summed E-state index contributed by atoms with van der Waals surface area (Å²) in [7, 11) is 0. The standard InChI is InChI=1S/C19H22N4O3/c1-14-18-16(20-23(19(18)25)15-5-3-2-4-6-15)13-17(24)22(14)8-7-21-9-11-26-12-10-21/h2-6,13,24H,7-12H2,1H3/p-1. The molecule has 0 aromatic heterocycles. The second-order valence-corrected chi connectivity index (χ2v) is 6.49. The minimum absolute atomic E-state index is 0.124. The summed E-state index contributed by atoms with van der Waals surface area (Å²) in [5.41, 5.74) is 2.14. The highest BCUT2D eigenvalue weighted by molar-refractivity contribution is 5.65. The van der Waals surface area contributed by atoms with Crippen molar-refractivity contribution in [3.8, 4) is 22.8 Å². The highest BCUT2D eigenvalue weighted by atomic mass is 16.5. The Morgan fingerprint density at radius 1 is 1.15 bits per heavy atom. The molecule has 1 saturated heterocycles. The molecule has 3 aliphatic heterocycles. The van der Waals surface area contributed by atoms with Crippen LogP contribution in [-0.2, 0) is 11.3 Å². The number of rotatable bonds is 4. The Morgan fingerprint density at radius 2 is 1.88 bits per heavy atom. The summed E-state index contributed by atoms with van der Waals surface area (Å²) in [6, 6.07) is 10.7. The van der Waals surface area contributed by atoms with E-state index < -0.39 is 0 Å². The van der Waals surface area contributed by atoms with Crippen molar-refractivity contribution >= 4 is 0 Å². The lowest BCUT2D eigenvalue weighted by Crippen LogP contribution is -2.38. The fourth-order valence-corrected chi connectivity index (χ4v) is 3.44. The molecule has 0 N–H and O–H groups in total. The molecule has 1 aromatic rings. The number of ether oxygens (including phenoxy) is 1. The highest BCUT2D eigenvalue weighted by Gasteiger charge is 2.21. The monoisotopic (exact) mass is 353 g/mol. The quantitative estimate of drug-likeness (QED) is 0.695. The number of para-hydroxylation sites is 1. The summed E-state index contributed by atoms with van der Waals surface area (Å²) in [5.74, 6) is -0.124. The zero-order valence-corrected chi connectivity index (χ0v) is 14.7. The normalized spacial score (nSPS) is 15.6. The topological polar surface area (TPSA) is 75.4 Å². The second kappa shape index (κ2) is 6.93. The van der Waals surface area contributed by atoms with Crippen molar-refractivity contribution in [2.45, 2.75) is 13.5 Å². The first kappa shape index (κ1) is 16.8. The molecule has 3 aliphatic rings. The number of morpholine rings is 1. The van der Waals surface area contributed by atoms with Crippen molar-refractivity contribution in [3.63, 3.8) is 0 Å². The van der Waals surface area contributed by atoms with Crippen molar-refractivity contribution < 1.29 is 9.84 Å². The first-order chi connectivity index (χ1) is 12.6. The average Bonchev–Trinajstić information content (AvgIpc) is 2.99. The van der Waals surface area contributed by atoms with Crippen LogP contribution in [0.5, 0.6) is 5.88 Å². The smallest absolute Gasteiger partial charge is 0.282 e. The van der Waals surface area contributed by atoms with E-state index in [2.05, 4.69) is 10.00 Å². The molecular formula is C19H21N4O3-. The molecule has 136 valence electrons. The minimum Gasteiger partial charge on any atom is -0.860 e. The maximum Gasteiger partial charge on any atom is 0.282 e. The molecule has 0 radical (unpaired) electrons. The summed E-state index contributed by atoms with van der Waals surface area (Å²) in [4.78, 5) is 15.1. The van der Waals surface area contributed by atoms with Gasteiger partial charge in [0.05, 0.1) is 30.2 Å². The van der Waals surface area contributed by atoms with E-state index >= 15 is 0 Å². The lowest BCUT2D eigenvalue weighted by Gasteiger charge is -2.29. The van der Waals surface area contributed by atoms with E-state index in [1.54, 1.807) is 4.57 Å². The van der Waals surface area contributed by atoms with E-state index in [9.17, 15) is 9.90 Å². The Labute approximate surface area is 151 Å². The molecule has 0 amide bonds. The van der Waals surface area contributed by atoms with Gasteiger partial charge >= 0.3 is 0 Å². The summed E-state index contributed by atoms with van der Waals surface area (Å²) < 4.78 is 8.40. The number of hydrogen-bond donors (Lipinski definition) is 0. The Balaban J connectivity index is 1.70. The molecule has 1 fully saturated rings. The molecule has 7 heteroatoms. The van der Waals surface area contributed by atoms with Crippen LogP contribution in [0, 0.1) is 6.92 Å². The average molecular weight is 353 g/mol. The van der Waals surface area contributed by atoms with Crippen LogP contribution in [0.2, 0.25) is 0 Å². The SMILES string of the molecule is Cc1c2c(=O)n(-c3ccccc3)nc-2cc([O-])n1CCN1CCOCC1. The van der Waals surface area contributed by atoms with Gasteiger partial charge in [-0.3, -0.25) is 9.69 Å². The molecule has 1 aromatic carbocycles. The Hall–Kier alpha value is -2.64. The van der Waals surface area contributed by atoms with Crippen molar-refractivity contribution in [3.05, 3.63) is 52.4 Å². The van der Waals surface area contributed by atoms with Crippen LogP contribution in [0.15, 0.2) is 41.2 Å². The molecule has 0 atom stereocenters. The fraction of sp³-hybridized carbons (Fsp3) is 0.368. The molecule has 26 heavy (non-hydrogen) atoms. The first-order valence-electron chi connectivity index (χ1n) is 8.81. The van der Waals surface area contributed by atoms with Crippen LogP contribution in [-0.4, -0.2) is 52.1 Å². The van der Waals surface area contributed by atoms with Gasteiger partial charge < -0.3 is 14.4 Å². The summed E-state index contributed by atoms with van der Waals surface area (Å²) >= 11 is 0. The molecule has 0 saturated carbocycles. The van der Waals surface area contributed by atoms with Gasteiger partial charge in [-0.25, -0.2) is 0 Å². The zero-order valence-electron chi connectivity index (χ0n) is 14.7. The number of pyridine rings is 1. The van der Waals surface area contributed by atoms with Gasteiger partial charge in [-0.15, -0.1) is 0 Å². The van der Waals surface area contributed by atoms with E-state index in [0.717, 1.165) is 32.8 Å². The van der Waals surface area contributed by atoms with Gasteiger partial charge in [-0.2, -0.15) is 9.78 Å². The maximum atomic E-state index is 12.9. The van der Waals surface area contributed by atoms with E-state index in [1.807, 2.05) is 37.3 Å². The van der Waals surface area contributed by atoms with Crippen molar-refractivity contribution in [2.75, 3.05) is 32.8 Å². The molecule has 3 heterocycles. The summed E-state index contributed by atoms with van der Waals surface area (Å²) in [6.07, 6.45) is 0. The molecule has 0 bridgehead atoms. The lowest BCUT2D eigenvalue weighted by molar-refractivity contribution is -0.279. The van der Waals surface area contributed by atoms with Crippen molar-refractivity contribution in [2.24, 2.45) is 0 Å². The maximum absolute atomic E-state index is 12.9. The highest BCUT2D eigenvalue weighted by Crippen LogP contribution is 2.26. The number of nitrogens with zero attached hydrogens (tertiary/aromatic N) is 4. The van der Waals surface area contributed by atoms with Crippen LogP contribution < -0.4 is 10.7 Å². The second-order valence-electron chi connectivity index (χ2n) is 6.49. The Bertz CT molecular complexity index is 926. The van der Waals surface area contributed by atoms with Gasteiger partial charge in [-0.1, -0.05) is 18.2 Å². The van der Waals surface area contributed by atoms with Crippen LogP contribution in [0.4, 0.5) is 0 Å². The lowest BCUT2D eigenvalue weighted by atomic mass is 10.1. The molecular weight excluding hydrogens is 332 g/mol. The third-order valence-electron chi connectivity index (χ3n) is 4.91. The number of fused-ring (bicyclic) bond motifs is 1. The molecule has 0 aliphatic carbocycles. The van der Waals surface area contributed by atoms with Gasteiger partial charge in [0.1, 0.15) is 0 Å². The fourth-order valence-electron chi connectivity index (χ4n) is 3.44. The Kier molecular flexibility index (Phi) is 4.48. The number of benzene rings is 1. The molecule has 0 spiro atoms. The van der Waals surface area contributed by atoms with Crippen LogP contribution in [0.3, 0.4) is 0 Å². The Morgan fingerprint density at radius 3 is 2.62 bits per heavy atom. The van der Waals surface area contributed by atoms with E-state index in [-0.39, 0.29) is 11.4 Å². The van der Waals surface area contributed by atoms with E-state index in [0.29, 0.717) is 29.2 Å². The van der Waals surface area contributed by atoms with Gasteiger partial charge in [0.15, 0.2) is 0 Å². The molecule has 0 unspecified atom stereocenters. The van der Waals surface area contributed by atoms with Crippen molar-refractivity contribution in [1.29, 1.82) is 0 Å². The van der Waals surface area contributed by atoms with Gasteiger partial charge in [-0.05, 0) is 31.0 Å². The van der Waals surface area contributed by atoms with Crippen molar-refractivity contribution in [1.82, 2.24) is 19.2 Å². The third kappa shape index (κ3) is 3.00. The van der Waals surface area contributed by atoms with Gasteiger partial charge in [0.25, 0.3) is 5.56 Å². The van der Waals surface area contributed by atoms with Crippen LogP contribution in [0.1, 0.15) is 5.69 Å². The summed E-state index contributed by atoms with van der Waals surface area (Å²) in [5, 5.41) is 16.9. The summed E-state index contributed by atoms with van der Waals surface area (Å²) in [6.45, 7) is 6.32. The molecule has 7 nitrogen and oxygen atoms in total. The largest absolute Gasteiger partial charge is 0.860 e. The van der Waals surface area contributed by atoms with Gasteiger partial charge in [0, 0.05) is 31.9 Å². The molecule has 4 rings (SSSR count). The number of hydrogen-bond acceptors (Lipinski definition) is 5. The zero-order chi connectivity index (χ0) is 18.1. The predicted molar refractivity (Wildman–Crippen MR) is 95.9 cm³/mol. The van der Waals surface area contributed by atoms with Crippen LogP contribution >= 0.6 is 0 Å². The van der Waals surface area contributed by atoms with Gasteiger partial charge in [0.2, 0.25) is 0 Å². The third-order valence-corrected chi connectivity index (χ3v) is 4.91. The first-order valence-corrected chi connectivity index (χ1v) is 8.81. The van der Waals surface area contributed by atoms with E-state index in [1.165, 1.54) is 10.7 Å². The van der Waals surface area contributed by atoms with E-state index in [4.69, 9.17) is 4.74 Å². The minimum atomic E-state index is -0.191.